The average molecular weight is 349 g/mol. The lowest BCUT2D eigenvalue weighted by Crippen LogP contribution is -2.51. The molecule has 1 amide bonds. The molecule has 0 bridgehead atoms. The summed E-state index contributed by atoms with van der Waals surface area (Å²) in [5.74, 6) is 0.150. The minimum atomic E-state index is 0.150. The van der Waals surface area contributed by atoms with Crippen molar-refractivity contribution in [2.24, 2.45) is 0 Å². The summed E-state index contributed by atoms with van der Waals surface area (Å²) >= 11 is 0. The number of pyridine rings is 1. The van der Waals surface area contributed by atoms with Gasteiger partial charge in [0.2, 0.25) is 5.91 Å². The number of rotatable bonds is 5. The Kier molecular flexibility index (Phi) is 5.30. The molecule has 1 aliphatic heterocycles. The third kappa shape index (κ3) is 4.13. The molecule has 1 aromatic carbocycles. The zero-order valence-electron chi connectivity index (χ0n) is 15.2. The third-order valence-electron chi connectivity index (χ3n) is 5.70. The lowest BCUT2D eigenvalue weighted by Gasteiger charge is -2.37. The maximum atomic E-state index is 12.3. The van der Waals surface area contributed by atoms with E-state index in [-0.39, 0.29) is 11.9 Å². The predicted molar refractivity (Wildman–Crippen MR) is 103 cm³/mol. The summed E-state index contributed by atoms with van der Waals surface area (Å²) in [7, 11) is 0. The number of hydrogen-bond donors (Lipinski definition) is 1. The highest BCUT2D eigenvalue weighted by Crippen LogP contribution is 2.27. The zero-order chi connectivity index (χ0) is 17.8. The number of carbonyl (C=O) groups is 1. The molecular formula is C22H27N3O. The van der Waals surface area contributed by atoms with Crippen LogP contribution in [-0.2, 0) is 24.1 Å². The van der Waals surface area contributed by atoms with Crippen LogP contribution in [0.15, 0.2) is 48.7 Å². The highest BCUT2D eigenvalue weighted by molar-refractivity contribution is 5.76. The normalized spacial score (nSPS) is 20.7. The van der Waals surface area contributed by atoms with Gasteiger partial charge in [0.25, 0.3) is 0 Å². The van der Waals surface area contributed by atoms with Crippen LogP contribution < -0.4 is 5.32 Å². The van der Waals surface area contributed by atoms with E-state index in [0.29, 0.717) is 18.9 Å². The van der Waals surface area contributed by atoms with Crippen molar-refractivity contribution in [3.8, 4) is 0 Å². The fraction of sp³-hybridized carbons (Fsp3) is 0.455. The summed E-state index contributed by atoms with van der Waals surface area (Å²) < 4.78 is 0. The van der Waals surface area contributed by atoms with Crippen LogP contribution in [0.2, 0.25) is 0 Å². The number of aromatic nitrogens is 1. The number of benzene rings is 1. The van der Waals surface area contributed by atoms with Gasteiger partial charge in [-0.2, -0.15) is 0 Å². The van der Waals surface area contributed by atoms with Gasteiger partial charge in [0, 0.05) is 36.9 Å². The number of amides is 1. The van der Waals surface area contributed by atoms with Crippen molar-refractivity contribution in [1.29, 1.82) is 0 Å². The van der Waals surface area contributed by atoms with E-state index in [9.17, 15) is 4.79 Å². The van der Waals surface area contributed by atoms with E-state index in [4.69, 9.17) is 0 Å². The number of piperidine rings is 1. The molecule has 1 unspecified atom stereocenters. The molecule has 0 saturated carbocycles. The van der Waals surface area contributed by atoms with Crippen molar-refractivity contribution in [2.75, 3.05) is 13.1 Å². The van der Waals surface area contributed by atoms with Crippen molar-refractivity contribution in [1.82, 2.24) is 15.2 Å². The van der Waals surface area contributed by atoms with E-state index in [1.165, 1.54) is 11.1 Å². The van der Waals surface area contributed by atoms with Gasteiger partial charge in [-0.15, -0.1) is 0 Å². The van der Waals surface area contributed by atoms with Gasteiger partial charge in [0.1, 0.15) is 0 Å². The molecule has 1 fully saturated rings. The molecule has 4 rings (SSSR count). The van der Waals surface area contributed by atoms with E-state index in [1.807, 2.05) is 18.2 Å². The molecule has 2 heterocycles. The quantitative estimate of drug-likeness (QED) is 0.903. The van der Waals surface area contributed by atoms with Crippen LogP contribution in [0.25, 0.3) is 0 Å². The molecular weight excluding hydrogens is 322 g/mol. The van der Waals surface area contributed by atoms with Gasteiger partial charge in [-0.25, -0.2) is 0 Å². The Morgan fingerprint density at radius 2 is 1.88 bits per heavy atom. The maximum Gasteiger partial charge on any atom is 0.220 e. The zero-order valence-corrected chi connectivity index (χ0v) is 15.2. The Morgan fingerprint density at radius 1 is 1.12 bits per heavy atom. The molecule has 1 aliphatic carbocycles. The van der Waals surface area contributed by atoms with Crippen molar-refractivity contribution >= 4 is 5.91 Å². The molecule has 26 heavy (non-hydrogen) atoms. The summed E-state index contributed by atoms with van der Waals surface area (Å²) in [5, 5.41) is 3.26. The molecule has 1 atom stereocenters. The van der Waals surface area contributed by atoms with E-state index in [1.54, 1.807) is 6.20 Å². The minimum Gasteiger partial charge on any atom is -0.352 e. The Morgan fingerprint density at radius 3 is 2.62 bits per heavy atom. The molecule has 2 aliphatic rings. The Balaban J connectivity index is 1.27. The van der Waals surface area contributed by atoms with E-state index in [0.717, 1.165) is 44.5 Å². The fourth-order valence-electron chi connectivity index (χ4n) is 4.34. The summed E-state index contributed by atoms with van der Waals surface area (Å²) in [5.41, 5.74) is 3.98. The molecule has 4 heteroatoms. The van der Waals surface area contributed by atoms with Gasteiger partial charge in [-0.3, -0.25) is 14.7 Å². The van der Waals surface area contributed by atoms with Crippen LogP contribution in [0, 0.1) is 0 Å². The standard InChI is InChI=1S/C22H27N3O/c26-22(11-10-19-8-3-4-12-23-19)24-20-9-5-13-25(16-20)21-14-17-6-1-2-7-18(17)15-21/h1-4,6-8,12,20-21H,5,9-11,13-16H2,(H,24,26). The molecule has 1 N–H and O–H groups in total. The topological polar surface area (TPSA) is 45.2 Å². The number of nitrogens with one attached hydrogen (secondary N) is 1. The maximum absolute atomic E-state index is 12.3. The van der Waals surface area contributed by atoms with Crippen LogP contribution in [-0.4, -0.2) is 41.0 Å². The first-order chi connectivity index (χ1) is 12.8. The molecule has 1 saturated heterocycles. The van der Waals surface area contributed by atoms with Crippen molar-refractivity contribution in [2.45, 2.75) is 50.6 Å². The highest BCUT2D eigenvalue weighted by atomic mass is 16.1. The first kappa shape index (κ1) is 17.2. The smallest absolute Gasteiger partial charge is 0.220 e. The van der Waals surface area contributed by atoms with Crippen LogP contribution in [0.3, 0.4) is 0 Å². The van der Waals surface area contributed by atoms with Crippen molar-refractivity contribution in [3.63, 3.8) is 0 Å². The monoisotopic (exact) mass is 349 g/mol. The first-order valence-electron chi connectivity index (χ1n) is 9.78. The van der Waals surface area contributed by atoms with E-state index < -0.39 is 0 Å². The SMILES string of the molecule is O=C(CCc1ccccn1)NC1CCCN(C2Cc3ccccc3C2)C1. The van der Waals surface area contributed by atoms with Gasteiger partial charge < -0.3 is 5.32 Å². The lowest BCUT2D eigenvalue weighted by atomic mass is 10.0. The van der Waals surface area contributed by atoms with Crippen LogP contribution in [0.1, 0.15) is 36.1 Å². The predicted octanol–water partition coefficient (Wildman–Crippen LogP) is 2.76. The Hall–Kier alpha value is -2.20. The van der Waals surface area contributed by atoms with Gasteiger partial charge >= 0.3 is 0 Å². The molecule has 1 aromatic heterocycles. The molecule has 4 nitrogen and oxygen atoms in total. The number of likely N-dealkylation sites (tertiary alicyclic amines) is 1. The van der Waals surface area contributed by atoms with Crippen LogP contribution >= 0.6 is 0 Å². The number of fused-ring (bicyclic) bond motifs is 1. The van der Waals surface area contributed by atoms with Gasteiger partial charge in [-0.05, 0) is 61.9 Å². The number of aryl methyl sites for hydroxylation is 1. The Labute approximate surface area is 155 Å². The third-order valence-corrected chi connectivity index (χ3v) is 5.70. The molecule has 0 spiro atoms. The summed E-state index contributed by atoms with van der Waals surface area (Å²) in [6.45, 7) is 2.13. The molecule has 2 aromatic rings. The number of hydrogen-bond acceptors (Lipinski definition) is 3. The second kappa shape index (κ2) is 8.00. The molecule has 0 radical (unpaired) electrons. The second-order valence-corrected chi connectivity index (χ2v) is 7.55. The summed E-state index contributed by atoms with van der Waals surface area (Å²) in [6.07, 6.45) is 7.56. The Bertz CT molecular complexity index is 721. The van der Waals surface area contributed by atoms with Crippen molar-refractivity contribution in [3.05, 3.63) is 65.5 Å². The lowest BCUT2D eigenvalue weighted by molar-refractivity contribution is -0.122. The first-order valence-corrected chi connectivity index (χ1v) is 9.78. The van der Waals surface area contributed by atoms with E-state index >= 15 is 0 Å². The second-order valence-electron chi connectivity index (χ2n) is 7.55. The average Bonchev–Trinajstić information content (AvgIpc) is 3.12. The largest absolute Gasteiger partial charge is 0.352 e. The minimum absolute atomic E-state index is 0.150. The van der Waals surface area contributed by atoms with E-state index in [2.05, 4.69) is 39.5 Å². The summed E-state index contributed by atoms with van der Waals surface area (Å²) in [6, 6.07) is 15.5. The van der Waals surface area contributed by atoms with Crippen LogP contribution in [0.4, 0.5) is 0 Å². The van der Waals surface area contributed by atoms with Gasteiger partial charge in [0.05, 0.1) is 0 Å². The number of carbonyl (C=O) groups excluding carboxylic acids is 1. The highest BCUT2D eigenvalue weighted by Gasteiger charge is 2.30. The fourth-order valence-corrected chi connectivity index (χ4v) is 4.34. The van der Waals surface area contributed by atoms with Crippen molar-refractivity contribution < 1.29 is 4.79 Å². The van der Waals surface area contributed by atoms with Gasteiger partial charge in [0.15, 0.2) is 0 Å². The number of nitrogens with zero attached hydrogens (tertiary/aromatic N) is 2. The van der Waals surface area contributed by atoms with Crippen LogP contribution in [0.5, 0.6) is 0 Å². The summed E-state index contributed by atoms with van der Waals surface area (Å²) in [4.78, 5) is 19.2. The molecule has 136 valence electrons. The van der Waals surface area contributed by atoms with Gasteiger partial charge in [-0.1, -0.05) is 30.3 Å².